The molecule has 2 heterocycles. The molecule has 2 fully saturated rings. The third-order valence-corrected chi connectivity index (χ3v) is 16.7. The fraction of sp³-hybridized carbons (Fsp3) is 0.489. The van der Waals surface area contributed by atoms with Crippen molar-refractivity contribution < 1.29 is 28.4 Å². The second-order valence-corrected chi connectivity index (χ2v) is 20.9. The molecule has 0 spiro atoms. The summed E-state index contributed by atoms with van der Waals surface area (Å²) in [6.07, 6.45) is 3.48. The molecule has 0 bridgehead atoms. The van der Waals surface area contributed by atoms with Gasteiger partial charge in [-0.15, -0.1) is 0 Å². The highest BCUT2D eigenvalue weighted by molar-refractivity contribution is 6.99. The minimum absolute atomic E-state index is 0.0244. The van der Waals surface area contributed by atoms with Crippen LogP contribution < -0.4 is 26.3 Å². The Bertz CT molecular complexity index is 1780. The molecule has 5 atom stereocenters. The lowest BCUT2D eigenvalue weighted by Crippen LogP contribution is -2.68. The van der Waals surface area contributed by atoms with Gasteiger partial charge in [0.15, 0.2) is 5.78 Å². The summed E-state index contributed by atoms with van der Waals surface area (Å²) in [6.45, 7) is 12.3. The van der Waals surface area contributed by atoms with Crippen LogP contribution in [0.25, 0.3) is 0 Å². The number of amides is 4. The summed E-state index contributed by atoms with van der Waals surface area (Å²) in [6, 6.07) is 27.4. The van der Waals surface area contributed by atoms with E-state index in [1.807, 2.05) is 73.7 Å². The van der Waals surface area contributed by atoms with Crippen molar-refractivity contribution in [2.75, 3.05) is 6.54 Å². The van der Waals surface area contributed by atoms with E-state index >= 15 is 0 Å². The number of carbonyl (C=O) groups is 5. The van der Waals surface area contributed by atoms with Crippen molar-refractivity contribution in [2.24, 2.45) is 0 Å². The van der Waals surface area contributed by atoms with Crippen molar-refractivity contribution >= 4 is 48.1 Å². The molecule has 2 aliphatic heterocycles. The van der Waals surface area contributed by atoms with Crippen molar-refractivity contribution in [3.05, 3.63) is 96.6 Å². The normalized spacial score (nSPS) is 22.9. The first-order valence-corrected chi connectivity index (χ1v) is 22.2. The van der Waals surface area contributed by atoms with Gasteiger partial charge in [-0.3, -0.25) is 24.0 Å². The molecule has 5 rings (SSSR count). The summed E-state index contributed by atoms with van der Waals surface area (Å²) in [4.78, 5) is 70.8. The largest absolute Gasteiger partial charge is 0.398 e. The van der Waals surface area contributed by atoms with Gasteiger partial charge < -0.3 is 25.3 Å². The number of carbonyl (C=O) groups excluding carboxylic acids is 5. The minimum atomic E-state index is -2.90. The molecule has 4 amide bonds. The topological polar surface area (TPSA) is 134 Å². The van der Waals surface area contributed by atoms with Crippen molar-refractivity contribution in [1.82, 2.24) is 20.9 Å². The molecule has 2 saturated heterocycles. The Balaban J connectivity index is 1.25. The lowest BCUT2D eigenvalue weighted by atomic mass is 9.94. The van der Waals surface area contributed by atoms with Crippen LogP contribution in [0.2, 0.25) is 5.04 Å². The first-order chi connectivity index (χ1) is 26.7. The van der Waals surface area contributed by atoms with Crippen molar-refractivity contribution in [3.63, 3.8) is 0 Å². The van der Waals surface area contributed by atoms with Gasteiger partial charge in [0.1, 0.15) is 29.8 Å². The Kier molecular flexibility index (Phi) is 14.1. The van der Waals surface area contributed by atoms with Crippen LogP contribution in [0.4, 0.5) is 0 Å². The molecule has 3 aromatic carbocycles. The fourth-order valence-electron chi connectivity index (χ4n) is 8.12. The number of fused-ring (bicyclic) bond motifs is 1. The smallest absolute Gasteiger partial charge is 0.262 e. The SMILES string of the molecule is CC[C@@]1(C)NC(=O)[C@H](CCCCCC(=O)[C@@H](C)O[Si](c2ccccc2)(c2ccccc2)C(C)(C)C)NC(=O)[C@H]2CCCN2C(=O)[C@H](Cc2ccccc2)NC1=O. The van der Waals surface area contributed by atoms with Crippen molar-refractivity contribution in [3.8, 4) is 0 Å². The Morgan fingerprint density at radius 1 is 0.839 bits per heavy atom. The van der Waals surface area contributed by atoms with Crippen LogP contribution in [-0.4, -0.2) is 78.9 Å². The summed E-state index contributed by atoms with van der Waals surface area (Å²) in [7, 11) is -2.90. The van der Waals surface area contributed by atoms with Gasteiger partial charge in [-0.1, -0.05) is 132 Å². The van der Waals surface area contributed by atoms with Gasteiger partial charge in [0.2, 0.25) is 23.6 Å². The number of rotatable bonds is 14. The molecule has 2 aliphatic rings. The van der Waals surface area contributed by atoms with Crippen LogP contribution in [0.5, 0.6) is 0 Å². The van der Waals surface area contributed by atoms with Gasteiger partial charge in [0, 0.05) is 19.4 Å². The van der Waals surface area contributed by atoms with Crippen LogP contribution in [0.3, 0.4) is 0 Å². The maximum atomic E-state index is 14.0. The average molecular weight is 781 g/mol. The first kappa shape index (κ1) is 42.5. The molecule has 0 aromatic heterocycles. The van der Waals surface area contributed by atoms with Gasteiger partial charge >= 0.3 is 0 Å². The third-order valence-electron chi connectivity index (χ3n) is 11.6. The van der Waals surface area contributed by atoms with Crippen molar-refractivity contribution in [1.29, 1.82) is 0 Å². The van der Waals surface area contributed by atoms with E-state index < -0.39 is 49.9 Å². The molecular weight excluding hydrogens is 721 g/mol. The first-order valence-electron chi connectivity index (χ1n) is 20.3. The molecule has 0 saturated carbocycles. The number of nitrogens with one attached hydrogen (secondary N) is 3. The molecule has 56 heavy (non-hydrogen) atoms. The van der Waals surface area contributed by atoms with Crippen LogP contribution in [0.1, 0.15) is 98.5 Å². The van der Waals surface area contributed by atoms with Crippen molar-refractivity contribution in [2.45, 2.75) is 134 Å². The summed E-state index contributed by atoms with van der Waals surface area (Å²) >= 11 is 0. The number of Topliss-reactive ketones (excluding diaryl/α,β-unsaturated/α-hetero) is 1. The quantitative estimate of drug-likeness (QED) is 0.156. The summed E-state index contributed by atoms with van der Waals surface area (Å²) in [5.74, 6) is -1.55. The third kappa shape index (κ3) is 9.66. The van der Waals surface area contributed by atoms with E-state index in [1.54, 1.807) is 18.7 Å². The Labute approximate surface area is 333 Å². The summed E-state index contributed by atoms with van der Waals surface area (Å²) < 4.78 is 7.03. The Morgan fingerprint density at radius 3 is 2.00 bits per heavy atom. The second kappa shape index (κ2) is 18.6. The van der Waals surface area contributed by atoms with E-state index in [9.17, 15) is 24.0 Å². The number of benzene rings is 3. The highest BCUT2D eigenvalue weighted by atomic mass is 28.4. The molecule has 11 heteroatoms. The number of hydrogen-bond acceptors (Lipinski definition) is 6. The standard InChI is InChI=1S/C45H60N4O6Si/c1-7-45(6)43(54)47-37(31-33-21-12-8-13-22-33)42(53)49-30-20-28-38(49)41(52)46-36(40(51)48-45)27-18-11-19-29-39(50)32(2)55-56(44(3,4)5,34-23-14-9-15-24-34)35-25-16-10-17-26-35/h8-10,12-17,21-26,32,36-38H,7,11,18-20,27-31H2,1-6H3,(H,46,52)(H,47,54)(H,48,51)/t32-,36+,37+,38-,45-/m1/s1. The molecule has 0 radical (unpaired) electrons. The molecule has 0 aliphatic carbocycles. The van der Waals surface area contributed by atoms with Crippen LogP contribution in [-0.2, 0) is 34.8 Å². The van der Waals surface area contributed by atoms with Crippen LogP contribution >= 0.6 is 0 Å². The second-order valence-electron chi connectivity index (χ2n) is 16.6. The number of ketones is 1. The highest BCUT2D eigenvalue weighted by Crippen LogP contribution is 2.37. The van der Waals surface area contributed by atoms with E-state index in [-0.39, 0.29) is 35.5 Å². The lowest BCUT2D eigenvalue weighted by Gasteiger charge is -2.44. The molecule has 300 valence electrons. The van der Waals surface area contributed by atoms with Gasteiger partial charge in [-0.05, 0) is 66.9 Å². The lowest BCUT2D eigenvalue weighted by molar-refractivity contribution is -0.144. The molecule has 10 nitrogen and oxygen atoms in total. The monoisotopic (exact) mass is 780 g/mol. The van der Waals surface area contributed by atoms with Gasteiger partial charge in [0.05, 0.1) is 0 Å². The van der Waals surface area contributed by atoms with E-state index in [2.05, 4.69) is 61.0 Å². The number of hydrogen-bond donors (Lipinski definition) is 3. The van der Waals surface area contributed by atoms with E-state index in [4.69, 9.17) is 4.43 Å². The van der Waals surface area contributed by atoms with E-state index in [1.165, 1.54) is 0 Å². The summed E-state index contributed by atoms with van der Waals surface area (Å²) in [5.41, 5.74) is -0.435. The zero-order valence-electron chi connectivity index (χ0n) is 33.9. The average Bonchev–Trinajstić information content (AvgIpc) is 3.69. The van der Waals surface area contributed by atoms with Gasteiger partial charge in [-0.2, -0.15) is 0 Å². The Morgan fingerprint density at radius 2 is 1.43 bits per heavy atom. The van der Waals surface area contributed by atoms with Crippen LogP contribution in [0, 0.1) is 0 Å². The molecule has 3 aromatic rings. The Hall–Kier alpha value is -4.61. The predicted molar refractivity (Wildman–Crippen MR) is 222 cm³/mol. The van der Waals surface area contributed by atoms with Crippen LogP contribution in [0.15, 0.2) is 91.0 Å². The number of unbranched alkanes of at least 4 members (excludes halogenated alkanes) is 2. The van der Waals surface area contributed by atoms with Gasteiger partial charge in [0.25, 0.3) is 8.32 Å². The van der Waals surface area contributed by atoms with E-state index in [0.717, 1.165) is 15.9 Å². The summed E-state index contributed by atoms with van der Waals surface area (Å²) in [5, 5.41) is 10.8. The molecule has 0 unspecified atom stereocenters. The highest BCUT2D eigenvalue weighted by Gasteiger charge is 2.51. The molecule has 3 N–H and O–H groups in total. The maximum Gasteiger partial charge on any atom is 0.262 e. The zero-order chi connectivity index (χ0) is 40.5. The maximum absolute atomic E-state index is 14.0. The van der Waals surface area contributed by atoms with E-state index in [0.29, 0.717) is 51.5 Å². The zero-order valence-corrected chi connectivity index (χ0v) is 34.9. The van der Waals surface area contributed by atoms with Gasteiger partial charge in [-0.25, -0.2) is 0 Å². The minimum Gasteiger partial charge on any atom is -0.398 e. The number of nitrogens with zero attached hydrogens (tertiary/aromatic N) is 1. The molecular formula is C45H60N4O6Si. The predicted octanol–water partition coefficient (Wildman–Crippen LogP) is 4.97. The fourth-order valence-corrected chi connectivity index (χ4v) is 12.8.